The Balaban J connectivity index is 1.93. The lowest BCUT2D eigenvalue weighted by molar-refractivity contribution is 0.595. The standard InChI is InChI=1S/C11H14BrClN2O2S/c12-10-7-8(13)1-4-11(10)15-18(16,17)6-5-14-9-2-3-9/h1,4,7,9,14-15H,2-3,5-6H2. The first kappa shape index (κ1) is 14.1. The summed E-state index contributed by atoms with van der Waals surface area (Å²) in [5.41, 5.74) is 0.505. The van der Waals surface area contributed by atoms with Gasteiger partial charge >= 0.3 is 0 Å². The number of rotatable bonds is 6. The van der Waals surface area contributed by atoms with Crippen molar-refractivity contribution in [2.24, 2.45) is 0 Å². The molecule has 18 heavy (non-hydrogen) atoms. The van der Waals surface area contributed by atoms with Crippen molar-refractivity contribution in [3.05, 3.63) is 27.7 Å². The average molecular weight is 354 g/mol. The van der Waals surface area contributed by atoms with Gasteiger partial charge in [-0.3, -0.25) is 4.72 Å². The number of halogens is 2. The molecule has 2 N–H and O–H groups in total. The third-order valence-electron chi connectivity index (χ3n) is 2.58. The second kappa shape index (κ2) is 5.77. The molecule has 7 heteroatoms. The summed E-state index contributed by atoms with van der Waals surface area (Å²) in [6.45, 7) is 0.477. The zero-order chi connectivity index (χ0) is 13.2. The molecular weight excluding hydrogens is 340 g/mol. The molecule has 1 aromatic carbocycles. The summed E-state index contributed by atoms with van der Waals surface area (Å²) < 4.78 is 26.8. The molecule has 0 aliphatic heterocycles. The Morgan fingerprint density at radius 2 is 2.11 bits per heavy atom. The predicted molar refractivity (Wildman–Crippen MR) is 77.6 cm³/mol. The van der Waals surface area contributed by atoms with Crippen molar-refractivity contribution in [2.75, 3.05) is 17.0 Å². The highest BCUT2D eigenvalue weighted by Gasteiger charge is 2.21. The fourth-order valence-electron chi connectivity index (χ4n) is 1.48. The van der Waals surface area contributed by atoms with Crippen LogP contribution in [0.25, 0.3) is 0 Å². The molecule has 1 aliphatic rings. The molecule has 0 heterocycles. The van der Waals surface area contributed by atoms with Crippen molar-refractivity contribution >= 4 is 43.2 Å². The van der Waals surface area contributed by atoms with E-state index in [9.17, 15) is 8.42 Å². The van der Waals surface area contributed by atoms with E-state index in [0.717, 1.165) is 12.8 Å². The number of sulfonamides is 1. The van der Waals surface area contributed by atoms with Crippen molar-refractivity contribution in [1.82, 2.24) is 5.32 Å². The van der Waals surface area contributed by atoms with E-state index in [0.29, 0.717) is 27.8 Å². The minimum absolute atomic E-state index is 0.0680. The van der Waals surface area contributed by atoms with Gasteiger partial charge in [0, 0.05) is 22.1 Å². The molecule has 1 aromatic rings. The van der Waals surface area contributed by atoms with Gasteiger partial charge in [0.25, 0.3) is 0 Å². The highest BCUT2D eigenvalue weighted by atomic mass is 79.9. The van der Waals surface area contributed by atoms with Crippen LogP contribution in [0.15, 0.2) is 22.7 Å². The van der Waals surface area contributed by atoms with E-state index in [1.54, 1.807) is 18.2 Å². The van der Waals surface area contributed by atoms with Gasteiger partial charge in [-0.15, -0.1) is 0 Å². The minimum Gasteiger partial charge on any atom is -0.313 e. The van der Waals surface area contributed by atoms with Crippen LogP contribution >= 0.6 is 27.5 Å². The Hall–Kier alpha value is -0.300. The van der Waals surface area contributed by atoms with Crippen LogP contribution in [0.4, 0.5) is 5.69 Å². The van der Waals surface area contributed by atoms with Gasteiger partial charge in [-0.05, 0) is 47.0 Å². The second-order valence-corrected chi connectivity index (χ2v) is 7.41. The molecule has 4 nitrogen and oxygen atoms in total. The average Bonchev–Trinajstić information content (AvgIpc) is 3.06. The molecule has 0 spiro atoms. The molecule has 0 aromatic heterocycles. The molecule has 1 saturated carbocycles. The lowest BCUT2D eigenvalue weighted by atomic mass is 10.3. The predicted octanol–water partition coefficient (Wildman–Crippen LogP) is 2.60. The number of anilines is 1. The zero-order valence-corrected chi connectivity index (χ0v) is 12.8. The fourth-order valence-corrected chi connectivity index (χ4v) is 3.39. The van der Waals surface area contributed by atoms with Gasteiger partial charge in [-0.1, -0.05) is 11.6 Å². The van der Waals surface area contributed by atoms with Crippen LogP contribution in [0.3, 0.4) is 0 Å². The van der Waals surface area contributed by atoms with Gasteiger partial charge in [-0.2, -0.15) is 0 Å². The van der Waals surface area contributed by atoms with Crippen LogP contribution in [0, 0.1) is 0 Å². The zero-order valence-electron chi connectivity index (χ0n) is 9.62. The first-order valence-electron chi connectivity index (χ1n) is 5.65. The molecule has 0 bridgehead atoms. The Morgan fingerprint density at radius 3 is 2.72 bits per heavy atom. The Kier molecular flexibility index (Phi) is 4.53. The van der Waals surface area contributed by atoms with E-state index >= 15 is 0 Å². The van der Waals surface area contributed by atoms with Crippen LogP contribution in [0.5, 0.6) is 0 Å². The maximum atomic E-state index is 11.8. The van der Waals surface area contributed by atoms with Gasteiger partial charge in [0.2, 0.25) is 10.0 Å². The monoisotopic (exact) mass is 352 g/mol. The number of benzene rings is 1. The summed E-state index contributed by atoms with van der Waals surface area (Å²) >= 11 is 9.07. The van der Waals surface area contributed by atoms with E-state index in [2.05, 4.69) is 26.0 Å². The van der Waals surface area contributed by atoms with Crippen molar-refractivity contribution in [3.63, 3.8) is 0 Å². The molecule has 0 radical (unpaired) electrons. The molecule has 1 fully saturated rings. The van der Waals surface area contributed by atoms with Crippen molar-refractivity contribution in [1.29, 1.82) is 0 Å². The molecule has 0 atom stereocenters. The van der Waals surface area contributed by atoms with Gasteiger partial charge in [0.05, 0.1) is 11.4 Å². The van der Waals surface area contributed by atoms with Crippen LogP contribution in [0.2, 0.25) is 5.02 Å². The second-order valence-electron chi connectivity index (χ2n) is 4.27. The van der Waals surface area contributed by atoms with Crippen molar-refractivity contribution in [3.8, 4) is 0 Å². The SMILES string of the molecule is O=S(=O)(CCNC1CC1)Nc1ccc(Cl)cc1Br. The van der Waals surface area contributed by atoms with Crippen LogP contribution < -0.4 is 10.0 Å². The number of hydrogen-bond acceptors (Lipinski definition) is 3. The largest absolute Gasteiger partial charge is 0.313 e. The summed E-state index contributed by atoms with van der Waals surface area (Å²) in [6, 6.07) is 5.45. The smallest absolute Gasteiger partial charge is 0.234 e. The molecule has 0 unspecified atom stereocenters. The summed E-state index contributed by atoms with van der Waals surface area (Å²) in [4.78, 5) is 0. The van der Waals surface area contributed by atoms with E-state index in [-0.39, 0.29) is 5.75 Å². The van der Waals surface area contributed by atoms with E-state index in [1.165, 1.54) is 0 Å². The fraction of sp³-hybridized carbons (Fsp3) is 0.455. The van der Waals surface area contributed by atoms with Gasteiger partial charge < -0.3 is 5.32 Å². The molecule has 1 aliphatic carbocycles. The van der Waals surface area contributed by atoms with E-state index in [4.69, 9.17) is 11.6 Å². The van der Waals surface area contributed by atoms with Gasteiger partial charge in [-0.25, -0.2) is 8.42 Å². The summed E-state index contributed by atoms with van der Waals surface area (Å²) in [7, 11) is -3.32. The highest BCUT2D eigenvalue weighted by molar-refractivity contribution is 9.10. The van der Waals surface area contributed by atoms with Gasteiger partial charge in [0.15, 0.2) is 0 Å². The topological polar surface area (TPSA) is 58.2 Å². The summed E-state index contributed by atoms with van der Waals surface area (Å²) in [5, 5.41) is 3.73. The van der Waals surface area contributed by atoms with Crippen LogP contribution in [-0.2, 0) is 10.0 Å². The number of nitrogens with one attached hydrogen (secondary N) is 2. The minimum atomic E-state index is -3.32. The third kappa shape index (κ3) is 4.42. The number of hydrogen-bond donors (Lipinski definition) is 2. The molecule has 0 saturated heterocycles. The third-order valence-corrected chi connectivity index (χ3v) is 4.74. The molecule has 2 rings (SSSR count). The highest BCUT2D eigenvalue weighted by Crippen LogP contribution is 2.26. The Bertz CT molecular complexity index is 532. The van der Waals surface area contributed by atoms with E-state index < -0.39 is 10.0 Å². The molecular formula is C11H14BrClN2O2S. The summed E-state index contributed by atoms with van der Waals surface area (Å²) in [6.07, 6.45) is 2.30. The van der Waals surface area contributed by atoms with E-state index in [1.807, 2.05) is 0 Å². The lowest BCUT2D eigenvalue weighted by Gasteiger charge is -2.10. The van der Waals surface area contributed by atoms with Gasteiger partial charge in [0.1, 0.15) is 0 Å². The lowest BCUT2D eigenvalue weighted by Crippen LogP contribution is -2.28. The van der Waals surface area contributed by atoms with Crippen molar-refractivity contribution < 1.29 is 8.42 Å². The Morgan fingerprint density at radius 1 is 1.39 bits per heavy atom. The molecule has 0 amide bonds. The van der Waals surface area contributed by atoms with Crippen LogP contribution in [-0.4, -0.2) is 26.8 Å². The molecule has 100 valence electrons. The maximum Gasteiger partial charge on any atom is 0.234 e. The first-order valence-corrected chi connectivity index (χ1v) is 8.47. The quantitative estimate of drug-likeness (QED) is 0.826. The summed E-state index contributed by atoms with van der Waals surface area (Å²) in [5.74, 6) is 0.0680. The van der Waals surface area contributed by atoms with Crippen LogP contribution in [0.1, 0.15) is 12.8 Å². The van der Waals surface area contributed by atoms with Crippen molar-refractivity contribution in [2.45, 2.75) is 18.9 Å². The normalized spacial score (nSPS) is 15.7. The maximum absolute atomic E-state index is 11.8. The first-order chi connectivity index (χ1) is 8.46. The Labute approximate surface area is 120 Å².